The molecule has 2 N–H and O–H groups in total. The van der Waals surface area contributed by atoms with E-state index in [9.17, 15) is 0 Å². The molecule has 0 aliphatic heterocycles. The summed E-state index contributed by atoms with van der Waals surface area (Å²) in [5.41, 5.74) is 6.22. The van der Waals surface area contributed by atoms with Gasteiger partial charge >= 0.3 is 9.05 Å². The second-order valence-corrected chi connectivity index (χ2v) is 5.21. The maximum Gasteiger partial charge on any atom is 0.748 e. The molecule has 15 heavy (non-hydrogen) atoms. The minimum absolute atomic E-state index is 0.599. The van der Waals surface area contributed by atoms with E-state index in [1.807, 2.05) is 0 Å². The first kappa shape index (κ1) is 12.0. The highest BCUT2D eigenvalue weighted by Gasteiger charge is 2.45. The first-order valence-corrected chi connectivity index (χ1v) is 5.99. The van der Waals surface area contributed by atoms with Crippen molar-refractivity contribution in [1.82, 2.24) is 0 Å². The molecule has 0 heterocycles. The molecule has 0 saturated carbocycles. The Morgan fingerprint density at radius 3 is 1.80 bits per heavy atom. The van der Waals surface area contributed by atoms with Gasteiger partial charge in [-0.3, -0.25) is 0 Å². The molecule has 0 bridgehead atoms. The molecule has 0 saturated heterocycles. The Bertz CT molecular complexity index is 291. The maximum atomic E-state index is 5.55. The van der Waals surface area contributed by atoms with E-state index in [0.717, 1.165) is 0 Å². The molecular formula is C9H15NO4Si. The molecule has 0 unspecified atom stereocenters. The summed E-state index contributed by atoms with van der Waals surface area (Å²) in [5, 5.41) is 0. The van der Waals surface area contributed by atoms with Crippen LogP contribution in [0.5, 0.6) is 5.75 Å². The van der Waals surface area contributed by atoms with Crippen molar-refractivity contribution in [2.24, 2.45) is 0 Å². The summed E-state index contributed by atoms with van der Waals surface area (Å²) in [6, 6.07) is 6.92. The van der Waals surface area contributed by atoms with E-state index in [2.05, 4.69) is 0 Å². The van der Waals surface area contributed by atoms with Crippen molar-refractivity contribution in [3.05, 3.63) is 24.3 Å². The third kappa shape index (κ3) is 2.93. The molecule has 0 amide bonds. The van der Waals surface area contributed by atoms with Crippen LogP contribution >= 0.6 is 0 Å². The van der Waals surface area contributed by atoms with Crippen LogP contribution in [0, 0.1) is 0 Å². The lowest BCUT2D eigenvalue weighted by molar-refractivity contribution is 0.0510. The molecule has 0 aliphatic carbocycles. The van der Waals surface area contributed by atoms with Crippen LogP contribution in [0.3, 0.4) is 0 Å². The number of nitrogen functional groups attached to an aromatic ring is 1. The van der Waals surface area contributed by atoms with Crippen molar-refractivity contribution in [3.8, 4) is 5.75 Å². The zero-order valence-corrected chi connectivity index (χ0v) is 10.0. The number of benzene rings is 1. The lowest BCUT2D eigenvalue weighted by Crippen LogP contribution is -2.49. The Balaban J connectivity index is 2.78. The smallest absolute Gasteiger partial charge is 0.480 e. The lowest BCUT2D eigenvalue weighted by atomic mass is 10.3. The van der Waals surface area contributed by atoms with Crippen molar-refractivity contribution >= 4 is 14.7 Å². The number of anilines is 1. The molecule has 5 nitrogen and oxygen atoms in total. The van der Waals surface area contributed by atoms with Gasteiger partial charge in [0, 0.05) is 27.0 Å². The van der Waals surface area contributed by atoms with Gasteiger partial charge < -0.3 is 23.4 Å². The van der Waals surface area contributed by atoms with Crippen LogP contribution in [-0.2, 0) is 13.3 Å². The van der Waals surface area contributed by atoms with Crippen molar-refractivity contribution in [3.63, 3.8) is 0 Å². The predicted molar refractivity (Wildman–Crippen MR) is 58.3 cm³/mol. The van der Waals surface area contributed by atoms with E-state index in [-0.39, 0.29) is 0 Å². The SMILES string of the molecule is CO[Si](OC)(OC)Oc1ccc(N)cc1. The molecule has 0 aliphatic rings. The average Bonchev–Trinajstić information content (AvgIpc) is 2.29. The van der Waals surface area contributed by atoms with Gasteiger partial charge in [0.15, 0.2) is 0 Å². The first-order chi connectivity index (χ1) is 7.15. The van der Waals surface area contributed by atoms with E-state index >= 15 is 0 Å². The Hall–Kier alpha value is -1.08. The molecular weight excluding hydrogens is 214 g/mol. The van der Waals surface area contributed by atoms with Crippen molar-refractivity contribution in [1.29, 1.82) is 0 Å². The van der Waals surface area contributed by atoms with Crippen LogP contribution in [0.2, 0.25) is 0 Å². The molecule has 0 spiro atoms. The van der Waals surface area contributed by atoms with Crippen LogP contribution in [-0.4, -0.2) is 30.4 Å². The third-order valence-electron chi connectivity index (χ3n) is 1.87. The summed E-state index contributed by atoms with van der Waals surface area (Å²) in [6.45, 7) is 0. The van der Waals surface area contributed by atoms with Gasteiger partial charge in [-0.15, -0.1) is 0 Å². The molecule has 0 atom stereocenters. The summed E-state index contributed by atoms with van der Waals surface area (Å²) >= 11 is 0. The molecule has 0 aromatic heterocycles. The Kier molecular flexibility index (Phi) is 4.10. The van der Waals surface area contributed by atoms with Gasteiger partial charge in [-0.1, -0.05) is 0 Å². The topological polar surface area (TPSA) is 62.9 Å². The van der Waals surface area contributed by atoms with E-state index in [4.69, 9.17) is 23.4 Å². The van der Waals surface area contributed by atoms with Crippen molar-refractivity contribution < 1.29 is 17.7 Å². The van der Waals surface area contributed by atoms with Gasteiger partial charge in [-0.25, -0.2) is 0 Å². The highest BCUT2D eigenvalue weighted by atomic mass is 28.4. The van der Waals surface area contributed by atoms with E-state index in [1.54, 1.807) is 24.3 Å². The highest BCUT2D eigenvalue weighted by Crippen LogP contribution is 2.18. The molecule has 1 aromatic carbocycles. The van der Waals surface area contributed by atoms with Gasteiger partial charge in [-0.2, -0.15) is 0 Å². The van der Waals surface area contributed by atoms with Crippen molar-refractivity contribution in [2.75, 3.05) is 27.1 Å². The standard InChI is InChI=1S/C9H15NO4Si/c1-11-15(12-2,13-3)14-9-6-4-8(10)5-7-9/h4-7H,10H2,1-3H3. The molecule has 84 valence electrons. The second kappa shape index (κ2) is 5.13. The monoisotopic (exact) mass is 229 g/mol. The summed E-state index contributed by atoms with van der Waals surface area (Å²) in [5.74, 6) is 0.599. The van der Waals surface area contributed by atoms with Crippen LogP contribution < -0.4 is 10.2 Å². The number of hydrogen-bond acceptors (Lipinski definition) is 5. The molecule has 1 aromatic rings. The fourth-order valence-corrected chi connectivity index (χ4v) is 2.23. The summed E-state index contributed by atoms with van der Waals surface area (Å²) in [4.78, 5) is 0. The summed E-state index contributed by atoms with van der Waals surface area (Å²) in [7, 11) is 1.43. The summed E-state index contributed by atoms with van der Waals surface area (Å²) < 4.78 is 20.9. The van der Waals surface area contributed by atoms with E-state index in [0.29, 0.717) is 11.4 Å². The minimum atomic E-state index is -3.02. The Labute approximate surface area is 90.2 Å². The van der Waals surface area contributed by atoms with E-state index < -0.39 is 9.05 Å². The Morgan fingerprint density at radius 1 is 0.933 bits per heavy atom. The number of rotatable bonds is 5. The second-order valence-electron chi connectivity index (χ2n) is 2.78. The van der Waals surface area contributed by atoms with E-state index in [1.165, 1.54) is 21.3 Å². The summed E-state index contributed by atoms with van der Waals surface area (Å²) in [6.07, 6.45) is 0. The normalized spacial score (nSPS) is 11.4. The molecule has 0 radical (unpaired) electrons. The zero-order chi connectivity index (χ0) is 11.3. The van der Waals surface area contributed by atoms with Gasteiger partial charge in [-0.05, 0) is 24.3 Å². The lowest BCUT2D eigenvalue weighted by Gasteiger charge is -2.23. The first-order valence-electron chi connectivity index (χ1n) is 4.36. The number of hydrogen-bond donors (Lipinski definition) is 1. The average molecular weight is 229 g/mol. The van der Waals surface area contributed by atoms with Gasteiger partial charge in [0.25, 0.3) is 0 Å². The maximum absolute atomic E-state index is 5.55. The van der Waals surface area contributed by atoms with Gasteiger partial charge in [0.05, 0.1) is 0 Å². The number of nitrogens with two attached hydrogens (primary N) is 1. The molecule has 1 rings (SSSR count). The van der Waals surface area contributed by atoms with Crippen molar-refractivity contribution in [2.45, 2.75) is 0 Å². The Morgan fingerprint density at radius 2 is 1.40 bits per heavy atom. The fourth-order valence-electron chi connectivity index (χ4n) is 1.06. The largest absolute Gasteiger partial charge is 0.748 e. The molecule has 6 heteroatoms. The minimum Gasteiger partial charge on any atom is -0.480 e. The quantitative estimate of drug-likeness (QED) is 0.603. The highest BCUT2D eigenvalue weighted by molar-refractivity contribution is 6.54. The van der Waals surface area contributed by atoms with Crippen LogP contribution in [0.15, 0.2) is 24.3 Å². The predicted octanol–water partition coefficient (Wildman–Crippen LogP) is 1.02. The van der Waals surface area contributed by atoms with Crippen LogP contribution in [0.4, 0.5) is 5.69 Å². The van der Waals surface area contributed by atoms with Crippen LogP contribution in [0.25, 0.3) is 0 Å². The van der Waals surface area contributed by atoms with Crippen LogP contribution in [0.1, 0.15) is 0 Å². The third-order valence-corrected chi connectivity index (χ3v) is 3.86. The molecule has 0 fully saturated rings. The van der Waals surface area contributed by atoms with Gasteiger partial charge in [0.1, 0.15) is 5.75 Å². The fraction of sp³-hybridized carbons (Fsp3) is 0.333. The zero-order valence-electron chi connectivity index (χ0n) is 9.02. The van der Waals surface area contributed by atoms with Gasteiger partial charge in [0.2, 0.25) is 0 Å².